The van der Waals surface area contributed by atoms with Crippen LogP contribution >= 0.6 is 0 Å². The summed E-state index contributed by atoms with van der Waals surface area (Å²) in [5.74, 6) is 0.810. The zero-order valence-corrected chi connectivity index (χ0v) is 14.5. The number of amides is 1. The Morgan fingerprint density at radius 2 is 2.04 bits per heavy atom. The van der Waals surface area contributed by atoms with Gasteiger partial charge in [0, 0.05) is 25.2 Å². The van der Waals surface area contributed by atoms with Crippen LogP contribution in [0.15, 0.2) is 53.1 Å². The molecule has 0 aliphatic heterocycles. The van der Waals surface area contributed by atoms with Crippen LogP contribution in [0.3, 0.4) is 0 Å². The van der Waals surface area contributed by atoms with Crippen LogP contribution in [0.25, 0.3) is 11.1 Å². The van der Waals surface area contributed by atoms with Crippen LogP contribution in [0.4, 0.5) is 0 Å². The molecule has 0 unspecified atom stereocenters. The van der Waals surface area contributed by atoms with Crippen molar-refractivity contribution in [3.05, 3.63) is 54.4 Å². The highest BCUT2D eigenvalue weighted by Crippen LogP contribution is 2.21. The van der Waals surface area contributed by atoms with E-state index < -0.39 is 0 Å². The molecule has 2 aromatic heterocycles. The fourth-order valence-corrected chi connectivity index (χ4v) is 2.80. The summed E-state index contributed by atoms with van der Waals surface area (Å²) < 4.78 is 13.2. The molecule has 0 spiro atoms. The first-order chi connectivity index (χ1) is 12.3. The first-order valence-electron chi connectivity index (χ1n) is 8.82. The van der Waals surface area contributed by atoms with Crippen LogP contribution in [0, 0.1) is 0 Å². The minimum atomic E-state index is -0.0520. The molecule has 3 rings (SSSR count). The molecule has 5 heteroatoms. The lowest BCUT2D eigenvalue weighted by molar-refractivity contribution is 0.0943. The van der Waals surface area contributed by atoms with E-state index >= 15 is 0 Å². The van der Waals surface area contributed by atoms with Gasteiger partial charge in [-0.1, -0.05) is 31.5 Å². The van der Waals surface area contributed by atoms with E-state index in [1.165, 1.54) is 0 Å². The minimum absolute atomic E-state index is 0.0520. The van der Waals surface area contributed by atoms with Crippen molar-refractivity contribution in [1.82, 2.24) is 9.88 Å². The molecular weight excluding hydrogens is 316 g/mol. The molecule has 5 nitrogen and oxygen atoms in total. The van der Waals surface area contributed by atoms with Gasteiger partial charge in [0.05, 0.1) is 18.4 Å². The maximum Gasteiger partial charge on any atom is 0.268 e. The number of aryl methyl sites for hydroxylation is 1. The van der Waals surface area contributed by atoms with Crippen molar-refractivity contribution in [3.8, 4) is 5.75 Å². The number of ether oxygens (including phenoxy) is 1. The number of aromatic nitrogens is 1. The highest BCUT2D eigenvalue weighted by Gasteiger charge is 2.16. The molecule has 0 atom stereocenters. The molecule has 132 valence electrons. The lowest BCUT2D eigenvalue weighted by Crippen LogP contribution is -2.27. The Bertz CT molecular complexity index is 805. The molecule has 0 fully saturated rings. The van der Waals surface area contributed by atoms with Gasteiger partial charge in [0.1, 0.15) is 11.4 Å². The standard InChI is InChI=1S/C20H24N2O3/c1-2-3-11-21-20(23)18-15-19-17(10-14-25-19)22(18)12-7-13-24-16-8-5-4-6-9-16/h4-6,8-10,14-15H,2-3,7,11-13H2,1H3,(H,21,23). The summed E-state index contributed by atoms with van der Waals surface area (Å²) in [7, 11) is 0. The number of benzene rings is 1. The third-order valence-corrected chi connectivity index (χ3v) is 4.11. The quantitative estimate of drug-likeness (QED) is 0.593. The van der Waals surface area contributed by atoms with E-state index in [9.17, 15) is 4.79 Å². The molecule has 2 heterocycles. The number of rotatable bonds is 9. The molecule has 1 aromatic carbocycles. The predicted octanol–water partition coefficient (Wildman–Crippen LogP) is 4.23. The Kier molecular flexibility index (Phi) is 5.77. The molecule has 1 N–H and O–H groups in total. The van der Waals surface area contributed by atoms with Crippen LogP contribution < -0.4 is 10.1 Å². The van der Waals surface area contributed by atoms with E-state index in [-0.39, 0.29) is 5.91 Å². The highest BCUT2D eigenvalue weighted by atomic mass is 16.5. The number of hydrogen-bond donors (Lipinski definition) is 1. The number of hydrogen-bond acceptors (Lipinski definition) is 3. The Balaban J connectivity index is 1.63. The van der Waals surface area contributed by atoms with Gasteiger partial charge < -0.3 is 19.0 Å². The molecule has 0 radical (unpaired) electrons. The van der Waals surface area contributed by atoms with Gasteiger partial charge in [-0.2, -0.15) is 0 Å². The Hall–Kier alpha value is -2.69. The zero-order chi connectivity index (χ0) is 17.5. The summed E-state index contributed by atoms with van der Waals surface area (Å²) in [6.45, 7) is 4.10. The molecule has 0 saturated heterocycles. The first kappa shape index (κ1) is 17.1. The average Bonchev–Trinajstić information content (AvgIpc) is 3.21. The fraction of sp³-hybridized carbons (Fsp3) is 0.350. The Morgan fingerprint density at radius 1 is 1.20 bits per heavy atom. The van der Waals surface area contributed by atoms with Crippen LogP contribution in [0.1, 0.15) is 36.7 Å². The van der Waals surface area contributed by atoms with Crippen molar-refractivity contribution in [1.29, 1.82) is 0 Å². The van der Waals surface area contributed by atoms with Crippen molar-refractivity contribution < 1.29 is 13.9 Å². The van der Waals surface area contributed by atoms with Crippen molar-refractivity contribution in [2.24, 2.45) is 0 Å². The molecule has 0 bridgehead atoms. The maximum absolute atomic E-state index is 12.5. The minimum Gasteiger partial charge on any atom is -0.494 e. The van der Waals surface area contributed by atoms with E-state index in [1.54, 1.807) is 6.26 Å². The van der Waals surface area contributed by atoms with Crippen molar-refractivity contribution in [2.75, 3.05) is 13.2 Å². The number of unbranched alkanes of at least 4 members (excludes halogenated alkanes) is 1. The van der Waals surface area contributed by atoms with Gasteiger partial charge >= 0.3 is 0 Å². The molecule has 25 heavy (non-hydrogen) atoms. The second-order valence-corrected chi connectivity index (χ2v) is 5.98. The van der Waals surface area contributed by atoms with Crippen LogP contribution in [-0.2, 0) is 6.54 Å². The number of nitrogens with one attached hydrogen (secondary N) is 1. The monoisotopic (exact) mass is 340 g/mol. The molecular formula is C20H24N2O3. The third-order valence-electron chi connectivity index (χ3n) is 4.11. The van der Waals surface area contributed by atoms with E-state index in [1.807, 2.05) is 47.0 Å². The zero-order valence-electron chi connectivity index (χ0n) is 14.5. The lowest BCUT2D eigenvalue weighted by atomic mass is 10.3. The normalized spacial score (nSPS) is 10.9. The number of fused-ring (bicyclic) bond motifs is 1. The van der Waals surface area contributed by atoms with E-state index in [2.05, 4.69) is 12.2 Å². The molecule has 0 saturated carbocycles. The molecule has 0 aliphatic carbocycles. The molecule has 1 amide bonds. The van der Waals surface area contributed by atoms with E-state index in [0.29, 0.717) is 25.4 Å². The average molecular weight is 340 g/mol. The predicted molar refractivity (Wildman–Crippen MR) is 98.0 cm³/mol. The first-order valence-corrected chi connectivity index (χ1v) is 8.82. The number of carbonyl (C=O) groups excluding carboxylic acids is 1. The largest absolute Gasteiger partial charge is 0.494 e. The van der Waals surface area contributed by atoms with Gasteiger partial charge in [-0.25, -0.2) is 0 Å². The molecule has 0 aliphatic rings. The van der Waals surface area contributed by atoms with Crippen LogP contribution in [0.2, 0.25) is 0 Å². The van der Waals surface area contributed by atoms with Gasteiger partial charge in [0.2, 0.25) is 0 Å². The SMILES string of the molecule is CCCCNC(=O)c1cc2occc2n1CCCOc1ccccc1. The number of nitrogens with zero attached hydrogens (tertiary/aromatic N) is 1. The summed E-state index contributed by atoms with van der Waals surface area (Å²) in [4.78, 5) is 12.5. The maximum atomic E-state index is 12.5. The van der Waals surface area contributed by atoms with Crippen LogP contribution in [0.5, 0.6) is 5.75 Å². The van der Waals surface area contributed by atoms with Gasteiger partial charge in [0.25, 0.3) is 5.91 Å². The van der Waals surface area contributed by atoms with E-state index in [4.69, 9.17) is 9.15 Å². The second-order valence-electron chi connectivity index (χ2n) is 5.98. The number of para-hydroxylation sites is 1. The summed E-state index contributed by atoms with van der Waals surface area (Å²) in [5.41, 5.74) is 2.33. The van der Waals surface area contributed by atoms with Crippen molar-refractivity contribution in [2.45, 2.75) is 32.7 Å². The summed E-state index contributed by atoms with van der Waals surface area (Å²) >= 11 is 0. The highest BCUT2D eigenvalue weighted by molar-refractivity contribution is 5.97. The second kappa shape index (κ2) is 8.42. The van der Waals surface area contributed by atoms with Gasteiger partial charge in [0.15, 0.2) is 5.58 Å². The van der Waals surface area contributed by atoms with Crippen molar-refractivity contribution >= 4 is 17.0 Å². The van der Waals surface area contributed by atoms with Gasteiger partial charge in [-0.05, 0) is 25.0 Å². The summed E-state index contributed by atoms with van der Waals surface area (Å²) in [6.07, 6.45) is 4.49. The summed E-state index contributed by atoms with van der Waals surface area (Å²) in [6, 6.07) is 13.5. The van der Waals surface area contributed by atoms with Crippen molar-refractivity contribution in [3.63, 3.8) is 0 Å². The molecule has 3 aromatic rings. The van der Waals surface area contributed by atoms with E-state index in [0.717, 1.165) is 36.1 Å². The lowest BCUT2D eigenvalue weighted by Gasteiger charge is -2.11. The van der Waals surface area contributed by atoms with Gasteiger partial charge in [-0.3, -0.25) is 4.79 Å². The Morgan fingerprint density at radius 3 is 2.84 bits per heavy atom. The van der Waals surface area contributed by atoms with Gasteiger partial charge in [-0.15, -0.1) is 0 Å². The topological polar surface area (TPSA) is 56.4 Å². The number of carbonyl (C=O) groups is 1. The fourth-order valence-electron chi connectivity index (χ4n) is 2.80. The number of furan rings is 1. The smallest absolute Gasteiger partial charge is 0.268 e. The van der Waals surface area contributed by atoms with Crippen LogP contribution in [-0.4, -0.2) is 23.6 Å². The third kappa shape index (κ3) is 4.24. The summed E-state index contributed by atoms with van der Waals surface area (Å²) in [5, 5.41) is 2.97. The Labute approximate surface area is 147 Å².